The quantitative estimate of drug-likeness (QED) is 0.786. The molecule has 1 aromatic carbocycles. The van der Waals surface area contributed by atoms with Gasteiger partial charge in [0.2, 0.25) is 0 Å². The maximum atomic E-state index is 11.4. The summed E-state index contributed by atoms with van der Waals surface area (Å²) in [7, 11) is 2.92. The van der Waals surface area contributed by atoms with Crippen molar-refractivity contribution in [1.29, 1.82) is 0 Å². The molecule has 0 saturated carbocycles. The van der Waals surface area contributed by atoms with Crippen molar-refractivity contribution in [1.82, 2.24) is 5.32 Å². The highest BCUT2D eigenvalue weighted by Gasteiger charge is 2.21. The van der Waals surface area contributed by atoms with Crippen LogP contribution >= 0.6 is 0 Å². The third-order valence-electron chi connectivity index (χ3n) is 2.62. The smallest absolute Gasteiger partial charge is 0.337 e. The minimum atomic E-state index is -0.385. The van der Waals surface area contributed by atoms with E-state index >= 15 is 0 Å². The Hall–Kier alpha value is -1.75. The Balaban J connectivity index is 2.22. The molecule has 0 spiro atoms. The molecule has 0 bridgehead atoms. The van der Waals surface area contributed by atoms with Crippen molar-refractivity contribution < 1.29 is 19.0 Å². The predicted molar refractivity (Wildman–Crippen MR) is 61.6 cm³/mol. The van der Waals surface area contributed by atoms with Crippen molar-refractivity contribution >= 4 is 5.97 Å². The zero-order chi connectivity index (χ0) is 12.3. The Morgan fingerprint density at radius 2 is 2.06 bits per heavy atom. The van der Waals surface area contributed by atoms with Crippen molar-refractivity contribution in [3.05, 3.63) is 23.8 Å². The summed E-state index contributed by atoms with van der Waals surface area (Å²) in [5, 5.41) is 3.11. The van der Waals surface area contributed by atoms with Gasteiger partial charge in [-0.1, -0.05) is 0 Å². The van der Waals surface area contributed by atoms with Crippen LogP contribution in [0.1, 0.15) is 10.4 Å². The molecule has 1 saturated heterocycles. The highest BCUT2D eigenvalue weighted by atomic mass is 16.5. The molecule has 2 rings (SSSR count). The van der Waals surface area contributed by atoms with Crippen LogP contribution in [0.5, 0.6) is 11.5 Å². The maximum absolute atomic E-state index is 11.4. The normalized spacial score (nSPS) is 14.9. The molecule has 17 heavy (non-hydrogen) atoms. The van der Waals surface area contributed by atoms with Crippen LogP contribution in [-0.2, 0) is 4.74 Å². The standard InChI is InChI=1S/C12H15NO4/c1-15-10-4-3-8(12(14)16-2)5-11(10)17-9-6-13-7-9/h3-5,9,13H,6-7H2,1-2H3. The molecule has 92 valence electrons. The van der Waals surface area contributed by atoms with Gasteiger partial charge in [0.1, 0.15) is 6.10 Å². The number of ether oxygens (including phenoxy) is 3. The van der Waals surface area contributed by atoms with Crippen molar-refractivity contribution in [2.24, 2.45) is 0 Å². The summed E-state index contributed by atoms with van der Waals surface area (Å²) >= 11 is 0. The summed E-state index contributed by atoms with van der Waals surface area (Å²) in [5.74, 6) is 0.802. The topological polar surface area (TPSA) is 56.8 Å². The van der Waals surface area contributed by atoms with E-state index in [1.165, 1.54) is 7.11 Å². The summed E-state index contributed by atoms with van der Waals surface area (Å²) in [6.45, 7) is 1.62. The van der Waals surface area contributed by atoms with E-state index in [1.54, 1.807) is 25.3 Å². The average molecular weight is 237 g/mol. The number of methoxy groups -OCH3 is 2. The second-order valence-electron chi connectivity index (χ2n) is 3.76. The zero-order valence-electron chi connectivity index (χ0n) is 9.86. The number of esters is 1. The van der Waals surface area contributed by atoms with Crippen LogP contribution < -0.4 is 14.8 Å². The first kappa shape index (κ1) is 11.7. The van der Waals surface area contributed by atoms with Gasteiger partial charge in [-0.05, 0) is 18.2 Å². The van der Waals surface area contributed by atoms with Crippen molar-refractivity contribution in [2.75, 3.05) is 27.3 Å². The summed E-state index contributed by atoms with van der Waals surface area (Å²) in [6.07, 6.45) is 0.136. The van der Waals surface area contributed by atoms with Crippen LogP contribution in [-0.4, -0.2) is 39.4 Å². The number of rotatable bonds is 4. The van der Waals surface area contributed by atoms with E-state index in [0.717, 1.165) is 13.1 Å². The summed E-state index contributed by atoms with van der Waals surface area (Å²) in [4.78, 5) is 11.4. The van der Waals surface area contributed by atoms with Gasteiger partial charge in [0, 0.05) is 13.1 Å². The molecule has 1 fully saturated rings. The van der Waals surface area contributed by atoms with Crippen LogP contribution in [0.4, 0.5) is 0 Å². The molecule has 5 nitrogen and oxygen atoms in total. The second-order valence-corrected chi connectivity index (χ2v) is 3.76. The molecule has 1 aliphatic rings. The largest absolute Gasteiger partial charge is 0.493 e. The van der Waals surface area contributed by atoms with Crippen molar-refractivity contribution in [2.45, 2.75) is 6.10 Å². The van der Waals surface area contributed by atoms with E-state index in [9.17, 15) is 4.79 Å². The first-order valence-corrected chi connectivity index (χ1v) is 5.38. The van der Waals surface area contributed by atoms with Crippen LogP contribution in [0.25, 0.3) is 0 Å². The molecular formula is C12H15NO4. The Bertz CT molecular complexity index is 415. The van der Waals surface area contributed by atoms with Gasteiger partial charge in [0.15, 0.2) is 11.5 Å². The predicted octanol–water partition coefficient (Wildman–Crippen LogP) is 0.832. The fourth-order valence-corrected chi connectivity index (χ4v) is 1.54. The van der Waals surface area contributed by atoms with Gasteiger partial charge in [-0.2, -0.15) is 0 Å². The van der Waals surface area contributed by atoms with E-state index < -0.39 is 0 Å². The number of benzene rings is 1. The van der Waals surface area contributed by atoms with Gasteiger partial charge < -0.3 is 19.5 Å². The summed E-state index contributed by atoms with van der Waals surface area (Å²) in [6, 6.07) is 4.99. The first-order chi connectivity index (χ1) is 8.24. The first-order valence-electron chi connectivity index (χ1n) is 5.38. The van der Waals surface area contributed by atoms with Gasteiger partial charge in [-0.3, -0.25) is 0 Å². The molecule has 5 heteroatoms. The van der Waals surface area contributed by atoms with E-state index in [1.807, 2.05) is 0 Å². The summed E-state index contributed by atoms with van der Waals surface area (Å²) < 4.78 is 15.6. The SMILES string of the molecule is COC(=O)c1ccc(OC)c(OC2CNC2)c1. The van der Waals surface area contributed by atoms with Gasteiger partial charge in [0.05, 0.1) is 19.8 Å². The van der Waals surface area contributed by atoms with Crippen LogP contribution in [0, 0.1) is 0 Å². The molecular weight excluding hydrogens is 222 g/mol. The Morgan fingerprint density at radius 1 is 1.29 bits per heavy atom. The number of hydrogen-bond acceptors (Lipinski definition) is 5. The Kier molecular flexibility index (Phi) is 3.49. The molecule has 0 atom stereocenters. The summed E-state index contributed by atoms with van der Waals surface area (Å²) in [5.41, 5.74) is 0.454. The number of carbonyl (C=O) groups excluding carboxylic acids is 1. The average Bonchev–Trinajstić information content (AvgIpc) is 2.32. The zero-order valence-corrected chi connectivity index (χ0v) is 9.86. The number of nitrogens with one attached hydrogen (secondary N) is 1. The third kappa shape index (κ3) is 2.50. The lowest BCUT2D eigenvalue weighted by molar-refractivity contribution is 0.0599. The molecule has 0 aliphatic carbocycles. The molecule has 1 aliphatic heterocycles. The van der Waals surface area contributed by atoms with Crippen LogP contribution in [0.3, 0.4) is 0 Å². The van der Waals surface area contributed by atoms with E-state index in [2.05, 4.69) is 10.1 Å². The van der Waals surface area contributed by atoms with Crippen LogP contribution in [0.15, 0.2) is 18.2 Å². The van der Waals surface area contributed by atoms with Gasteiger partial charge >= 0.3 is 5.97 Å². The molecule has 1 N–H and O–H groups in total. The third-order valence-corrected chi connectivity index (χ3v) is 2.62. The molecule has 1 aromatic rings. The van der Waals surface area contributed by atoms with E-state index in [0.29, 0.717) is 17.1 Å². The molecule has 0 unspecified atom stereocenters. The molecule has 0 aromatic heterocycles. The maximum Gasteiger partial charge on any atom is 0.337 e. The highest BCUT2D eigenvalue weighted by Crippen LogP contribution is 2.29. The highest BCUT2D eigenvalue weighted by molar-refractivity contribution is 5.90. The van der Waals surface area contributed by atoms with Gasteiger partial charge in [0.25, 0.3) is 0 Å². The fourth-order valence-electron chi connectivity index (χ4n) is 1.54. The lowest BCUT2D eigenvalue weighted by atomic mass is 10.2. The molecule has 0 amide bonds. The Morgan fingerprint density at radius 3 is 2.59 bits per heavy atom. The van der Waals surface area contributed by atoms with Crippen molar-refractivity contribution in [3.8, 4) is 11.5 Å². The minimum absolute atomic E-state index is 0.136. The van der Waals surface area contributed by atoms with E-state index in [4.69, 9.17) is 9.47 Å². The lowest BCUT2D eigenvalue weighted by Crippen LogP contribution is -2.50. The minimum Gasteiger partial charge on any atom is -0.493 e. The van der Waals surface area contributed by atoms with Gasteiger partial charge in [-0.15, -0.1) is 0 Å². The number of hydrogen-bond donors (Lipinski definition) is 1. The van der Waals surface area contributed by atoms with E-state index in [-0.39, 0.29) is 12.1 Å². The van der Waals surface area contributed by atoms with Gasteiger partial charge in [-0.25, -0.2) is 4.79 Å². The van der Waals surface area contributed by atoms with Crippen molar-refractivity contribution in [3.63, 3.8) is 0 Å². The lowest BCUT2D eigenvalue weighted by Gasteiger charge is -2.28. The fraction of sp³-hybridized carbons (Fsp3) is 0.417. The van der Waals surface area contributed by atoms with Crippen LogP contribution in [0.2, 0.25) is 0 Å². The Labute approximate surface area is 99.7 Å². The second kappa shape index (κ2) is 5.05. The monoisotopic (exact) mass is 237 g/mol. The molecule has 0 radical (unpaired) electrons. The molecule has 1 heterocycles. The number of carbonyl (C=O) groups is 1.